The van der Waals surface area contributed by atoms with Crippen LogP contribution in [0.2, 0.25) is 0 Å². The van der Waals surface area contributed by atoms with Crippen LogP contribution in [0.4, 0.5) is 0 Å². The van der Waals surface area contributed by atoms with E-state index in [-0.39, 0.29) is 12.1 Å². The van der Waals surface area contributed by atoms with Gasteiger partial charge in [-0.25, -0.2) is 0 Å². The summed E-state index contributed by atoms with van der Waals surface area (Å²) >= 11 is 0. The van der Waals surface area contributed by atoms with Gasteiger partial charge in [-0.3, -0.25) is 0 Å². The molecule has 1 aromatic carbocycles. The standard InChI is InChI=1S/C14H21NO/c1-2-11-6-8-12(9-7-11)14(15)13-5-3-4-10-16-13/h6-9,13-14H,2-5,10,15H2,1H3. The monoisotopic (exact) mass is 219 g/mol. The number of benzene rings is 1. The molecule has 88 valence electrons. The number of ether oxygens (including phenoxy) is 1. The van der Waals surface area contributed by atoms with E-state index in [4.69, 9.17) is 10.5 Å². The molecule has 0 aliphatic carbocycles. The van der Waals surface area contributed by atoms with Crippen molar-refractivity contribution in [3.05, 3.63) is 35.4 Å². The second-order valence-electron chi connectivity index (χ2n) is 4.53. The molecule has 1 aliphatic rings. The van der Waals surface area contributed by atoms with Crippen LogP contribution in [0.15, 0.2) is 24.3 Å². The highest BCUT2D eigenvalue weighted by Crippen LogP contribution is 2.24. The minimum absolute atomic E-state index is 0.0335. The summed E-state index contributed by atoms with van der Waals surface area (Å²) in [7, 11) is 0. The lowest BCUT2D eigenvalue weighted by atomic mass is 9.95. The van der Waals surface area contributed by atoms with E-state index in [0.717, 1.165) is 19.4 Å². The molecule has 1 aliphatic heterocycles. The van der Waals surface area contributed by atoms with Crippen molar-refractivity contribution in [2.24, 2.45) is 5.73 Å². The molecule has 2 N–H and O–H groups in total. The van der Waals surface area contributed by atoms with Gasteiger partial charge in [0, 0.05) is 6.61 Å². The van der Waals surface area contributed by atoms with Crippen LogP contribution in [-0.2, 0) is 11.2 Å². The largest absolute Gasteiger partial charge is 0.376 e. The van der Waals surface area contributed by atoms with Gasteiger partial charge in [0.1, 0.15) is 0 Å². The van der Waals surface area contributed by atoms with Gasteiger partial charge in [-0.1, -0.05) is 31.2 Å². The van der Waals surface area contributed by atoms with E-state index in [1.165, 1.54) is 24.0 Å². The average molecular weight is 219 g/mol. The van der Waals surface area contributed by atoms with Gasteiger partial charge in [-0.05, 0) is 36.8 Å². The Hall–Kier alpha value is -0.860. The summed E-state index contributed by atoms with van der Waals surface area (Å²) in [5.41, 5.74) is 8.80. The molecule has 0 bridgehead atoms. The zero-order valence-electron chi connectivity index (χ0n) is 9.99. The first-order valence-electron chi connectivity index (χ1n) is 6.27. The summed E-state index contributed by atoms with van der Waals surface area (Å²) in [6.07, 6.45) is 4.80. The topological polar surface area (TPSA) is 35.2 Å². The summed E-state index contributed by atoms with van der Waals surface area (Å²) in [5, 5.41) is 0. The van der Waals surface area contributed by atoms with Crippen LogP contribution >= 0.6 is 0 Å². The van der Waals surface area contributed by atoms with Crippen molar-refractivity contribution in [2.75, 3.05) is 6.61 Å². The zero-order chi connectivity index (χ0) is 11.4. The fraction of sp³-hybridized carbons (Fsp3) is 0.571. The molecule has 0 amide bonds. The van der Waals surface area contributed by atoms with E-state index in [9.17, 15) is 0 Å². The first-order chi connectivity index (χ1) is 7.81. The lowest BCUT2D eigenvalue weighted by molar-refractivity contribution is 0.0000111. The third-order valence-electron chi connectivity index (χ3n) is 3.39. The van der Waals surface area contributed by atoms with Gasteiger partial charge in [0.2, 0.25) is 0 Å². The van der Waals surface area contributed by atoms with Crippen LogP contribution in [0.3, 0.4) is 0 Å². The summed E-state index contributed by atoms with van der Waals surface area (Å²) in [4.78, 5) is 0. The minimum Gasteiger partial charge on any atom is -0.376 e. The molecule has 1 heterocycles. The number of rotatable bonds is 3. The van der Waals surface area contributed by atoms with Crippen LogP contribution in [0, 0.1) is 0 Å². The Kier molecular flexibility index (Phi) is 3.97. The van der Waals surface area contributed by atoms with Crippen molar-refractivity contribution in [3.63, 3.8) is 0 Å². The minimum atomic E-state index is 0.0335. The number of hydrogen-bond acceptors (Lipinski definition) is 2. The summed E-state index contributed by atoms with van der Waals surface area (Å²) in [6, 6.07) is 8.64. The van der Waals surface area contributed by atoms with Crippen LogP contribution in [0.1, 0.15) is 43.4 Å². The summed E-state index contributed by atoms with van der Waals surface area (Å²) in [5.74, 6) is 0. The SMILES string of the molecule is CCc1ccc(C(N)C2CCCCO2)cc1. The van der Waals surface area contributed by atoms with E-state index < -0.39 is 0 Å². The van der Waals surface area contributed by atoms with Crippen LogP contribution < -0.4 is 5.73 Å². The van der Waals surface area contributed by atoms with Crippen LogP contribution in [0.5, 0.6) is 0 Å². The van der Waals surface area contributed by atoms with E-state index in [0.29, 0.717) is 0 Å². The highest BCUT2D eigenvalue weighted by molar-refractivity contribution is 5.25. The van der Waals surface area contributed by atoms with Gasteiger partial charge in [0.05, 0.1) is 12.1 Å². The van der Waals surface area contributed by atoms with Gasteiger partial charge >= 0.3 is 0 Å². The molecule has 0 saturated carbocycles. The molecule has 1 saturated heterocycles. The predicted octanol–water partition coefficient (Wildman–Crippen LogP) is 2.82. The zero-order valence-corrected chi connectivity index (χ0v) is 9.99. The van der Waals surface area contributed by atoms with Gasteiger partial charge in [0.15, 0.2) is 0 Å². The molecule has 2 nitrogen and oxygen atoms in total. The Labute approximate surface area is 97.8 Å². The van der Waals surface area contributed by atoms with Crippen molar-refractivity contribution in [1.29, 1.82) is 0 Å². The van der Waals surface area contributed by atoms with Crippen molar-refractivity contribution in [1.82, 2.24) is 0 Å². The van der Waals surface area contributed by atoms with E-state index in [1.807, 2.05) is 0 Å². The van der Waals surface area contributed by atoms with E-state index in [2.05, 4.69) is 31.2 Å². The van der Waals surface area contributed by atoms with Gasteiger partial charge < -0.3 is 10.5 Å². The van der Waals surface area contributed by atoms with E-state index >= 15 is 0 Å². The lowest BCUT2D eigenvalue weighted by Crippen LogP contribution is -2.31. The second-order valence-corrected chi connectivity index (χ2v) is 4.53. The molecule has 1 fully saturated rings. The molecule has 0 radical (unpaired) electrons. The van der Waals surface area contributed by atoms with Crippen LogP contribution in [-0.4, -0.2) is 12.7 Å². The van der Waals surface area contributed by atoms with Crippen LogP contribution in [0.25, 0.3) is 0 Å². The lowest BCUT2D eigenvalue weighted by Gasteiger charge is -2.28. The molecular weight excluding hydrogens is 198 g/mol. The maximum atomic E-state index is 6.24. The Balaban J connectivity index is 2.04. The van der Waals surface area contributed by atoms with E-state index in [1.54, 1.807) is 0 Å². The highest BCUT2D eigenvalue weighted by atomic mass is 16.5. The Morgan fingerprint density at radius 3 is 2.62 bits per heavy atom. The Morgan fingerprint density at radius 2 is 2.06 bits per heavy atom. The molecule has 2 atom stereocenters. The van der Waals surface area contributed by atoms with Crippen molar-refractivity contribution < 1.29 is 4.74 Å². The predicted molar refractivity (Wildman–Crippen MR) is 66.3 cm³/mol. The molecule has 0 spiro atoms. The van der Waals surface area contributed by atoms with Crippen molar-refractivity contribution >= 4 is 0 Å². The maximum absolute atomic E-state index is 6.24. The normalized spacial score (nSPS) is 23.0. The summed E-state index contributed by atoms with van der Waals surface area (Å²) in [6.45, 7) is 3.03. The number of hydrogen-bond donors (Lipinski definition) is 1. The second kappa shape index (κ2) is 5.46. The third kappa shape index (κ3) is 2.63. The van der Waals surface area contributed by atoms with Gasteiger partial charge in [-0.2, -0.15) is 0 Å². The molecule has 1 aromatic rings. The average Bonchev–Trinajstić information content (AvgIpc) is 2.39. The molecule has 2 unspecified atom stereocenters. The molecule has 2 rings (SSSR count). The Morgan fingerprint density at radius 1 is 1.31 bits per heavy atom. The molecule has 2 heteroatoms. The molecule has 16 heavy (non-hydrogen) atoms. The first kappa shape index (κ1) is 11.6. The molecular formula is C14H21NO. The van der Waals surface area contributed by atoms with Crippen molar-refractivity contribution in [3.8, 4) is 0 Å². The number of aryl methyl sites for hydroxylation is 1. The summed E-state index contributed by atoms with van der Waals surface area (Å²) < 4.78 is 5.73. The fourth-order valence-corrected chi connectivity index (χ4v) is 2.24. The quantitative estimate of drug-likeness (QED) is 0.848. The maximum Gasteiger partial charge on any atom is 0.0767 e. The van der Waals surface area contributed by atoms with Gasteiger partial charge in [-0.15, -0.1) is 0 Å². The smallest absolute Gasteiger partial charge is 0.0767 e. The van der Waals surface area contributed by atoms with Gasteiger partial charge in [0.25, 0.3) is 0 Å². The molecule has 0 aromatic heterocycles. The third-order valence-corrected chi connectivity index (χ3v) is 3.39. The highest BCUT2D eigenvalue weighted by Gasteiger charge is 2.22. The Bertz CT molecular complexity index is 314. The first-order valence-corrected chi connectivity index (χ1v) is 6.27. The van der Waals surface area contributed by atoms with Crippen molar-refractivity contribution in [2.45, 2.75) is 44.8 Å². The number of nitrogens with two attached hydrogens (primary N) is 1. The fourth-order valence-electron chi connectivity index (χ4n) is 2.24.